The maximum atomic E-state index is 13.0. The third-order valence-electron chi connectivity index (χ3n) is 7.10. The Morgan fingerprint density at radius 1 is 0.463 bits per heavy atom. The van der Waals surface area contributed by atoms with Gasteiger partial charge in [-0.25, -0.2) is 0 Å². The molecule has 0 fully saturated rings. The van der Waals surface area contributed by atoms with Crippen LogP contribution in [0, 0.1) is 0 Å². The molecule has 0 unspecified atom stereocenters. The summed E-state index contributed by atoms with van der Waals surface area (Å²) in [5.41, 5.74) is 3.03. The number of para-hydroxylation sites is 4. The van der Waals surface area contributed by atoms with Crippen LogP contribution >= 0.6 is 0 Å². The third kappa shape index (κ3) is 5.50. The van der Waals surface area contributed by atoms with Crippen LogP contribution in [0.15, 0.2) is 131 Å². The molecule has 0 saturated carbocycles. The Hall–Kier alpha value is -5.10. The second-order valence-corrected chi connectivity index (χ2v) is 9.83. The zero-order valence-corrected chi connectivity index (χ0v) is 22.6. The molecule has 2 aromatic heterocycles. The van der Waals surface area contributed by atoms with Crippen molar-refractivity contribution in [2.24, 2.45) is 0 Å². The van der Waals surface area contributed by atoms with Crippen molar-refractivity contribution < 1.29 is 9.47 Å². The number of aromatic nitrogens is 2. The van der Waals surface area contributed by atoms with E-state index in [0.29, 0.717) is 24.7 Å². The van der Waals surface area contributed by atoms with Crippen LogP contribution in [0.25, 0.3) is 33.2 Å². The van der Waals surface area contributed by atoms with Gasteiger partial charge in [-0.2, -0.15) is 0 Å². The highest BCUT2D eigenvalue weighted by Gasteiger charge is 2.12. The van der Waals surface area contributed by atoms with Crippen LogP contribution in [0.4, 0.5) is 0 Å². The molecule has 6 heteroatoms. The molecule has 0 bridgehead atoms. The van der Waals surface area contributed by atoms with Gasteiger partial charge in [-0.3, -0.25) is 18.7 Å². The minimum Gasteiger partial charge on any atom is -0.493 e. The van der Waals surface area contributed by atoms with Crippen molar-refractivity contribution in [1.82, 2.24) is 9.13 Å². The topological polar surface area (TPSA) is 62.5 Å². The highest BCUT2D eigenvalue weighted by Crippen LogP contribution is 2.27. The quantitative estimate of drug-likeness (QED) is 0.176. The number of fused-ring (bicyclic) bond motifs is 2. The zero-order chi connectivity index (χ0) is 28.0. The second kappa shape index (κ2) is 12.0. The Bertz CT molecular complexity index is 1770. The summed E-state index contributed by atoms with van der Waals surface area (Å²) in [6.45, 7) is 0.990. The van der Waals surface area contributed by atoms with Gasteiger partial charge >= 0.3 is 0 Å². The van der Waals surface area contributed by atoms with E-state index in [0.717, 1.165) is 52.4 Å². The van der Waals surface area contributed by atoms with E-state index in [-0.39, 0.29) is 11.1 Å². The molecule has 0 atom stereocenters. The lowest BCUT2D eigenvalue weighted by molar-refractivity contribution is 0.282. The Kier molecular flexibility index (Phi) is 7.63. The average molecular weight is 543 g/mol. The Morgan fingerprint density at radius 3 is 1.29 bits per heavy atom. The second-order valence-electron chi connectivity index (χ2n) is 9.83. The van der Waals surface area contributed by atoms with Gasteiger partial charge in [0.05, 0.1) is 24.2 Å². The number of hydrogen-bond acceptors (Lipinski definition) is 4. The number of benzene rings is 4. The van der Waals surface area contributed by atoms with Crippen molar-refractivity contribution in [3.63, 3.8) is 0 Å². The first-order chi connectivity index (χ1) is 20.2. The van der Waals surface area contributed by atoms with Crippen LogP contribution in [-0.2, 0) is 0 Å². The number of hydrogen-bond donors (Lipinski definition) is 0. The van der Waals surface area contributed by atoms with Crippen molar-refractivity contribution in [3.8, 4) is 22.9 Å². The molecule has 0 N–H and O–H groups in total. The summed E-state index contributed by atoms with van der Waals surface area (Å²) >= 11 is 0. The van der Waals surface area contributed by atoms with Gasteiger partial charge in [0.2, 0.25) is 0 Å². The smallest absolute Gasteiger partial charge is 0.259 e. The molecular formula is C35H30N2O4. The van der Waals surface area contributed by atoms with E-state index in [1.165, 1.54) is 0 Å². The van der Waals surface area contributed by atoms with Crippen molar-refractivity contribution in [2.45, 2.75) is 19.3 Å². The molecule has 2 heterocycles. The predicted molar refractivity (Wildman–Crippen MR) is 164 cm³/mol. The van der Waals surface area contributed by atoms with E-state index in [2.05, 4.69) is 0 Å². The van der Waals surface area contributed by atoms with Crippen LogP contribution in [0.5, 0.6) is 11.5 Å². The zero-order valence-electron chi connectivity index (χ0n) is 22.6. The monoisotopic (exact) mass is 542 g/mol. The molecule has 204 valence electrons. The van der Waals surface area contributed by atoms with Gasteiger partial charge in [-0.1, -0.05) is 60.7 Å². The first kappa shape index (κ1) is 26.1. The first-order valence-electron chi connectivity index (χ1n) is 13.9. The van der Waals surface area contributed by atoms with Crippen LogP contribution < -0.4 is 20.6 Å². The third-order valence-corrected chi connectivity index (χ3v) is 7.10. The molecule has 0 aliphatic carbocycles. The van der Waals surface area contributed by atoms with Gasteiger partial charge < -0.3 is 9.47 Å². The van der Waals surface area contributed by atoms with Gasteiger partial charge in [0.25, 0.3) is 11.1 Å². The molecule has 0 spiro atoms. The number of rotatable bonds is 10. The maximum absolute atomic E-state index is 13.0. The molecule has 0 radical (unpaired) electrons. The van der Waals surface area contributed by atoms with Crippen molar-refractivity contribution in [2.75, 3.05) is 13.2 Å². The molecule has 0 saturated heterocycles. The lowest BCUT2D eigenvalue weighted by Gasteiger charge is -2.15. The van der Waals surface area contributed by atoms with Gasteiger partial charge in [0.15, 0.2) is 0 Å². The minimum atomic E-state index is -0.125. The number of nitrogens with zero attached hydrogens (tertiary/aromatic N) is 2. The largest absolute Gasteiger partial charge is 0.493 e. The highest BCUT2D eigenvalue weighted by atomic mass is 16.5. The van der Waals surface area contributed by atoms with Gasteiger partial charge in [-0.15, -0.1) is 0 Å². The van der Waals surface area contributed by atoms with E-state index in [4.69, 9.17) is 9.47 Å². The Labute approximate surface area is 237 Å². The molecule has 0 amide bonds. The fourth-order valence-electron chi connectivity index (χ4n) is 5.17. The fraction of sp³-hybridized carbons (Fsp3) is 0.143. The Balaban J connectivity index is 1.08. The van der Waals surface area contributed by atoms with Gasteiger partial charge in [-0.05, 0) is 67.8 Å². The molecule has 4 aromatic carbocycles. The van der Waals surface area contributed by atoms with Crippen molar-refractivity contribution in [1.29, 1.82) is 0 Å². The minimum absolute atomic E-state index is 0.125. The predicted octanol–water partition coefficient (Wildman–Crippen LogP) is 6.92. The molecule has 0 aliphatic rings. The summed E-state index contributed by atoms with van der Waals surface area (Å²) < 4.78 is 15.6. The highest BCUT2D eigenvalue weighted by molar-refractivity contribution is 5.87. The van der Waals surface area contributed by atoms with Crippen LogP contribution in [-0.4, -0.2) is 22.3 Å². The molecule has 6 nitrogen and oxygen atoms in total. The van der Waals surface area contributed by atoms with Crippen LogP contribution in [0.2, 0.25) is 0 Å². The normalized spacial score (nSPS) is 11.1. The molecule has 41 heavy (non-hydrogen) atoms. The summed E-state index contributed by atoms with van der Waals surface area (Å²) in [6.07, 6.45) is 2.52. The summed E-state index contributed by atoms with van der Waals surface area (Å²) in [7, 11) is 0. The van der Waals surface area contributed by atoms with E-state index in [1.807, 2.05) is 109 Å². The van der Waals surface area contributed by atoms with E-state index in [1.54, 1.807) is 21.3 Å². The summed E-state index contributed by atoms with van der Waals surface area (Å²) in [5.74, 6) is 1.19. The van der Waals surface area contributed by atoms with Crippen molar-refractivity contribution >= 4 is 21.8 Å². The Morgan fingerprint density at radius 2 is 0.854 bits per heavy atom. The van der Waals surface area contributed by atoms with E-state index >= 15 is 0 Å². The number of unbranched alkanes of at least 4 members (excludes halogenated alkanes) is 2. The lowest BCUT2D eigenvalue weighted by Crippen LogP contribution is -2.18. The van der Waals surface area contributed by atoms with Gasteiger partial charge in [0, 0.05) is 34.3 Å². The molecule has 0 aliphatic heterocycles. The fourth-order valence-corrected chi connectivity index (χ4v) is 5.17. The van der Waals surface area contributed by atoms with E-state index in [9.17, 15) is 9.59 Å². The summed E-state index contributed by atoms with van der Waals surface area (Å²) in [5, 5.41) is 1.80. The number of pyridine rings is 2. The summed E-state index contributed by atoms with van der Waals surface area (Å²) in [4.78, 5) is 26.0. The van der Waals surface area contributed by atoms with Gasteiger partial charge in [0.1, 0.15) is 11.5 Å². The van der Waals surface area contributed by atoms with Crippen LogP contribution in [0.1, 0.15) is 19.3 Å². The standard InChI is InChI=1S/C35H30N2O4/c38-34-24-32(28-18-8-10-20-30(28)36(34)26-14-4-1-5-15-26)40-22-12-3-13-23-41-33-25-35(39)37(27-16-6-2-7-17-27)31-21-11-9-19-29(31)33/h1-2,4-11,14-21,24-25H,3,12-13,22-23H2. The first-order valence-corrected chi connectivity index (χ1v) is 13.9. The van der Waals surface area contributed by atoms with Crippen LogP contribution in [0.3, 0.4) is 0 Å². The summed E-state index contributed by atoms with van der Waals surface area (Å²) in [6, 6.07) is 38.0. The lowest BCUT2D eigenvalue weighted by atomic mass is 10.1. The average Bonchev–Trinajstić information content (AvgIpc) is 3.01. The molecular weight excluding hydrogens is 512 g/mol. The SMILES string of the molecule is O=c1cc(OCCCCCOc2cc(=O)n(-c3ccccc3)c3ccccc23)c2ccccc2n1-c1ccccc1. The van der Waals surface area contributed by atoms with E-state index < -0.39 is 0 Å². The van der Waals surface area contributed by atoms with Crippen molar-refractivity contribution in [3.05, 3.63) is 142 Å². The number of ether oxygens (including phenoxy) is 2. The molecule has 6 rings (SSSR count). The molecule has 6 aromatic rings. The maximum Gasteiger partial charge on any atom is 0.259 e.